The molecule has 1 aromatic heterocycles. The Morgan fingerprint density at radius 1 is 1.17 bits per heavy atom. The van der Waals surface area contributed by atoms with Crippen molar-refractivity contribution in [3.05, 3.63) is 45.4 Å². The Hall–Kier alpha value is -1.00. The van der Waals surface area contributed by atoms with Gasteiger partial charge in [-0.05, 0) is 30.2 Å². The number of hydrogen-bond donors (Lipinski definition) is 0. The number of aromatic nitrogens is 2. The van der Waals surface area contributed by atoms with Crippen molar-refractivity contribution in [1.29, 1.82) is 0 Å². The molecule has 5 heteroatoms. The van der Waals surface area contributed by atoms with Crippen molar-refractivity contribution in [3.8, 4) is 11.4 Å². The van der Waals surface area contributed by atoms with Gasteiger partial charge in [-0.1, -0.05) is 41.4 Å². The van der Waals surface area contributed by atoms with Gasteiger partial charge >= 0.3 is 0 Å². The van der Waals surface area contributed by atoms with E-state index in [9.17, 15) is 4.39 Å². The van der Waals surface area contributed by atoms with Gasteiger partial charge in [0.25, 0.3) is 0 Å². The minimum atomic E-state index is -0.339. The zero-order chi connectivity index (χ0) is 13.3. The van der Waals surface area contributed by atoms with Crippen LogP contribution < -0.4 is 0 Å². The van der Waals surface area contributed by atoms with E-state index in [0.717, 1.165) is 5.69 Å². The highest BCUT2D eigenvalue weighted by atomic mass is 79.9. The summed E-state index contributed by atoms with van der Waals surface area (Å²) in [7, 11) is 0. The summed E-state index contributed by atoms with van der Waals surface area (Å²) >= 11 is 9.21. The van der Waals surface area contributed by atoms with Crippen LogP contribution >= 0.6 is 27.5 Å². The smallest absolute Gasteiger partial charge is 0.161 e. The van der Waals surface area contributed by atoms with Crippen molar-refractivity contribution in [2.24, 2.45) is 0 Å². The molecule has 1 heterocycles. The first-order chi connectivity index (χ1) is 8.45. The number of halogens is 3. The molecule has 0 aliphatic heterocycles. The number of hydrogen-bond acceptors (Lipinski definition) is 2. The molecule has 2 nitrogen and oxygen atoms in total. The fraction of sp³-hybridized carbons (Fsp3) is 0.231. The molecule has 18 heavy (non-hydrogen) atoms. The topological polar surface area (TPSA) is 25.8 Å². The summed E-state index contributed by atoms with van der Waals surface area (Å²) in [5.41, 5.74) is 1.44. The lowest BCUT2D eigenvalue weighted by Gasteiger charge is -2.08. The minimum Gasteiger partial charge on any atom is -0.233 e. The van der Waals surface area contributed by atoms with Gasteiger partial charge in [0.05, 0.1) is 0 Å². The summed E-state index contributed by atoms with van der Waals surface area (Å²) in [6, 6.07) is 6.26. The highest BCUT2D eigenvalue weighted by molar-refractivity contribution is 9.10. The lowest BCUT2D eigenvalue weighted by Crippen LogP contribution is -1.98. The van der Waals surface area contributed by atoms with Crippen LogP contribution in [0.15, 0.2) is 28.7 Å². The van der Waals surface area contributed by atoms with Gasteiger partial charge < -0.3 is 0 Å². The van der Waals surface area contributed by atoms with Gasteiger partial charge in [0.2, 0.25) is 0 Å². The second-order valence-electron chi connectivity index (χ2n) is 4.25. The molecule has 2 rings (SSSR count). The predicted octanol–water partition coefficient (Wildman–Crippen LogP) is 4.82. The molecule has 0 bridgehead atoms. The van der Waals surface area contributed by atoms with Gasteiger partial charge in [0.15, 0.2) is 5.82 Å². The van der Waals surface area contributed by atoms with Crippen LogP contribution in [0, 0.1) is 5.82 Å². The Labute approximate surface area is 118 Å². The third-order valence-corrected chi connectivity index (χ3v) is 3.08. The molecule has 0 atom stereocenters. The maximum atomic E-state index is 13.4. The summed E-state index contributed by atoms with van der Waals surface area (Å²) in [4.78, 5) is 8.54. The normalized spacial score (nSPS) is 11.0. The molecule has 0 saturated carbocycles. The van der Waals surface area contributed by atoms with E-state index in [4.69, 9.17) is 11.6 Å². The SMILES string of the molecule is CC(C)c1cc(Cl)nc(-c2cc(F)cc(Br)c2)n1. The second kappa shape index (κ2) is 5.33. The van der Waals surface area contributed by atoms with Crippen LogP contribution in [0.1, 0.15) is 25.5 Å². The zero-order valence-corrected chi connectivity index (χ0v) is 12.3. The van der Waals surface area contributed by atoms with Crippen molar-refractivity contribution in [1.82, 2.24) is 9.97 Å². The number of rotatable bonds is 2. The summed E-state index contributed by atoms with van der Waals surface area (Å²) in [6.45, 7) is 4.04. The number of nitrogens with zero attached hydrogens (tertiary/aromatic N) is 2. The molecule has 1 aromatic carbocycles. The first-order valence-electron chi connectivity index (χ1n) is 5.46. The average molecular weight is 330 g/mol. The molecule has 0 spiro atoms. The van der Waals surface area contributed by atoms with E-state index >= 15 is 0 Å². The maximum absolute atomic E-state index is 13.4. The highest BCUT2D eigenvalue weighted by Crippen LogP contribution is 2.25. The zero-order valence-electron chi connectivity index (χ0n) is 9.92. The molecule has 2 aromatic rings. The Balaban J connectivity index is 2.56. The molecule has 0 unspecified atom stereocenters. The van der Waals surface area contributed by atoms with Crippen molar-refractivity contribution in [2.45, 2.75) is 19.8 Å². The van der Waals surface area contributed by atoms with E-state index in [2.05, 4.69) is 25.9 Å². The standard InChI is InChI=1S/C13H11BrClFN2/c1-7(2)11-6-12(15)18-13(17-11)8-3-9(14)5-10(16)4-8/h3-7H,1-2H3. The minimum absolute atomic E-state index is 0.237. The van der Waals surface area contributed by atoms with Gasteiger partial charge in [0, 0.05) is 15.7 Å². The Morgan fingerprint density at radius 3 is 2.50 bits per heavy atom. The van der Waals surface area contributed by atoms with Crippen molar-refractivity contribution < 1.29 is 4.39 Å². The predicted molar refractivity (Wildman–Crippen MR) is 74.2 cm³/mol. The highest BCUT2D eigenvalue weighted by Gasteiger charge is 2.10. The molecular formula is C13H11BrClFN2. The third-order valence-electron chi connectivity index (χ3n) is 2.43. The monoisotopic (exact) mass is 328 g/mol. The Morgan fingerprint density at radius 2 is 1.89 bits per heavy atom. The lowest BCUT2D eigenvalue weighted by molar-refractivity contribution is 0.627. The largest absolute Gasteiger partial charge is 0.233 e. The van der Waals surface area contributed by atoms with Crippen LogP contribution in [0.25, 0.3) is 11.4 Å². The summed E-state index contributed by atoms with van der Waals surface area (Å²) in [6.07, 6.45) is 0. The first-order valence-corrected chi connectivity index (χ1v) is 6.64. The fourth-order valence-electron chi connectivity index (χ4n) is 1.54. The quantitative estimate of drug-likeness (QED) is 0.738. The first kappa shape index (κ1) is 13.4. The average Bonchev–Trinajstić information content (AvgIpc) is 2.26. The number of benzene rings is 1. The van der Waals surface area contributed by atoms with Crippen LogP contribution in [-0.2, 0) is 0 Å². The fourth-order valence-corrected chi connectivity index (χ4v) is 2.20. The molecular weight excluding hydrogens is 319 g/mol. The molecule has 0 radical (unpaired) electrons. The van der Waals surface area contributed by atoms with Gasteiger partial charge in [-0.3, -0.25) is 0 Å². The van der Waals surface area contributed by atoms with Crippen LogP contribution in [0.3, 0.4) is 0 Å². The molecule has 94 valence electrons. The van der Waals surface area contributed by atoms with E-state index in [-0.39, 0.29) is 11.7 Å². The van der Waals surface area contributed by atoms with Crippen LogP contribution in [-0.4, -0.2) is 9.97 Å². The van der Waals surface area contributed by atoms with Crippen LogP contribution in [0.5, 0.6) is 0 Å². The summed E-state index contributed by atoms with van der Waals surface area (Å²) in [5, 5.41) is 0.365. The molecule has 0 aliphatic carbocycles. The van der Waals surface area contributed by atoms with Crippen molar-refractivity contribution in [3.63, 3.8) is 0 Å². The van der Waals surface area contributed by atoms with E-state index < -0.39 is 0 Å². The van der Waals surface area contributed by atoms with Crippen LogP contribution in [0.4, 0.5) is 4.39 Å². The van der Waals surface area contributed by atoms with Crippen molar-refractivity contribution >= 4 is 27.5 Å². The molecule has 0 N–H and O–H groups in total. The van der Waals surface area contributed by atoms with Gasteiger partial charge in [-0.2, -0.15) is 0 Å². The van der Waals surface area contributed by atoms with Gasteiger partial charge in [-0.15, -0.1) is 0 Å². The van der Waals surface area contributed by atoms with Gasteiger partial charge in [-0.25, -0.2) is 14.4 Å². The Bertz CT molecular complexity index is 567. The second-order valence-corrected chi connectivity index (χ2v) is 5.55. The molecule has 0 amide bonds. The summed E-state index contributed by atoms with van der Waals surface area (Å²) < 4.78 is 14.0. The molecule has 0 saturated heterocycles. The maximum Gasteiger partial charge on any atom is 0.161 e. The molecule has 0 aliphatic rings. The van der Waals surface area contributed by atoms with E-state index in [1.807, 2.05) is 13.8 Å². The lowest BCUT2D eigenvalue weighted by atomic mass is 10.1. The van der Waals surface area contributed by atoms with Crippen molar-refractivity contribution in [2.75, 3.05) is 0 Å². The van der Waals surface area contributed by atoms with E-state index in [0.29, 0.717) is 21.0 Å². The Kier molecular flexibility index (Phi) is 3.97. The summed E-state index contributed by atoms with van der Waals surface area (Å²) in [5.74, 6) is 0.335. The van der Waals surface area contributed by atoms with Gasteiger partial charge in [0.1, 0.15) is 11.0 Å². The third kappa shape index (κ3) is 3.06. The van der Waals surface area contributed by atoms with Crippen LogP contribution in [0.2, 0.25) is 5.15 Å². The van der Waals surface area contributed by atoms with E-state index in [1.54, 1.807) is 12.1 Å². The van der Waals surface area contributed by atoms with E-state index in [1.165, 1.54) is 12.1 Å². The molecule has 0 fully saturated rings.